The molecule has 0 atom stereocenters. The molecular weight excluding hydrogens is 245 g/mol. The van der Waals surface area contributed by atoms with Gasteiger partial charge in [0.1, 0.15) is 5.82 Å². The first-order chi connectivity index (χ1) is 9.20. The summed E-state index contributed by atoms with van der Waals surface area (Å²) in [7, 11) is 1.30. The number of benzene rings is 2. The van der Waals surface area contributed by atoms with Crippen molar-refractivity contribution in [1.29, 1.82) is 0 Å². The zero-order valence-electron chi connectivity index (χ0n) is 10.3. The quantitative estimate of drug-likeness (QED) is 0.626. The van der Waals surface area contributed by atoms with E-state index in [0.29, 0.717) is 11.3 Å². The van der Waals surface area contributed by atoms with Gasteiger partial charge in [0.2, 0.25) is 0 Å². The van der Waals surface area contributed by atoms with E-state index in [4.69, 9.17) is 4.74 Å². The van der Waals surface area contributed by atoms with Crippen molar-refractivity contribution in [3.05, 3.63) is 66.0 Å². The van der Waals surface area contributed by atoms with E-state index in [-0.39, 0.29) is 11.5 Å². The lowest BCUT2D eigenvalue weighted by Crippen LogP contribution is -2.16. The smallest absolute Gasteiger partial charge is 0.357 e. The predicted molar refractivity (Wildman–Crippen MR) is 71.1 cm³/mol. The van der Waals surface area contributed by atoms with E-state index in [1.165, 1.54) is 31.4 Å². The van der Waals surface area contributed by atoms with Gasteiger partial charge in [-0.15, -0.1) is 0 Å². The van der Waals surface area contributed by atoms with Crippen LogP contribution in [0.1, 0.15) is 5.56 Å². The average molecular weight is 257 g/mol. The van der Waals surface area contributed by atoms with Crippen molar-refractivity contribution in [2.75, 3.05) is 7.11 Å². The Balaban J connectivity index is 2.44. The minimum absolute atomic E-state index is 0.190. The molecular formula is C15H12FNO2. The molecule has 3 nitrogen and oxygen atoms in total. The summed E-state index contributed by atoms with van der Waals surface area (Å²) in [6.07, 6.45) is 0. The molecule has 2 aromatic carbocycles. The van der Waals surface area contributed by atoms with Crippen LogP contribution in [0.25, 0.3) is 0 Å². The van der Waals surface area contributed by atoms with Gasteiger partial charge in [0, 0.05) is 5.56 Å². The zero-order valence-corrected chi connectivity index (χ0v) is 10.3. The lowest BCUT2D eigenvalue weighted by atomic mass is 10.1. The second-order valence-corrected chi connectivity index (χ2v) is 3.79. The Morgan fingerprint density at radius 3 is 2.26 bits per heavy atom. The van der Waals surface area contributed by atoms with Gasteiger partial charge in [-0.3, -0.25) is 0 Å². The van der Waals surface area contributed by atoms with Crippen molar-refractivity contribution < 1.29 is 13.9 Å². The van der Waals surface area contributed by atoms with E-state index in [9.17, 15) is 9.18 Å². The fourth-order valence-electron chi connectivity index (χ4n) is 1.57. The lowest BCUT2D eigenvalue weighted by molar-refractivity contribution is -0.132. The van der Waals surface area contributed by atoms with Gasteiger partial charge < -0.3 is 4.74 Å². The van der Waals surface area contributed by atoms with E-state index < -0.39 is 5.97 Å². The fourth-order valence-corrected chi connectivity index (χ4v) is 1.57. The van der Waals surface area contributed by atoms with Crippen molar-refractivity contribution in [3.63, 3.8) is 0 Å². The minimum atomic E-state index is -0.532. The molecule has 0 bridgehead atoms. The van der Waals surface area contributed by atoms with Gasteiger partial charge in [0.15, 0.2) is 5.71 Å². The highest BCUT2D eigenvalue weighted by Gasteiger charge is 2.14. The van der Waals surface area contributed by atoms with E-state index in [2.05, 4.69) is 4.99 Å². The number of ether oxygens (including phenoxy) is 1. The number of esters is 1. The normalized spacial score (nSPS) is 11.2. The number of hydrogen-bond donors (Lipinski definition) is 0. The predicted octanol–water partition coefficient (Wildman–Crippen LogP) is 3.12. The molecule has 0 aromatic heterocycles. The summed E-state index contributed by atoms with van der Waals surface area (Å²) in [5.74, 6) is -0.881. The maximum atomic E-state index is 12.8. The van der Waals surface area contributed by atoms with Crippen molar-refractivity contribution in [3.8, 4) is 0 Å². The minimum Gasteiger partial charge on any atom is -0.464 e. The monoisotopic (exact) mass is 257 g/mol. The van der Waals surface area contributed by atoms with Gasteiger partial charge in [-0.2, -0.15) is 0 Å². The zero-order chi connectivity index (χ0) is 13.7. The Hall–Kier alpha value is -2.49. The number of methoxy groups -OCH3 is 1. The summed E-state index contributed by atoms with van der Waals surface area (Å²) in [5, 5.41) is 0. The molecule has 0 radical (unpaired) electrons. The Labute approximate surface area is 110 Å². The first-order valence-electron chi connectivity index (χ1n) is 5.68. The molecule has 19 heavy (non-hydrogen) atoms. The summed E-state index contributed by atoms with van der Waals surface area (Å²) in [6, 6.07) is 14.6. The van der Waals surface area contributed by atoms with E-state index in [1.54, 1.807) is 24.3 Å². The topological polar surface area (TPSA) is 38.7 Å². The Kier molecular flexibility index (Phi) is 4.03. The number of hydrogen-bond acceptors (Lipinski definition) is 3. The van der Waals surface area contributed by atoms with Gasteiger partial charge in [0.25, 0.3) is 0 Å². The molecule has 0 unspecified atom stereocenters. The second kappa shape index (κ2) is 5.91. The fraction of sp³-hybridized carbons (Fsp3) is 0.0667. The van der Waals surface area contributed by atoms with Crippen LogP contribution in [0.4, 0.5) is 10.1 Å². The number of halogens is 1. The summed E-state index contributed by atoms with van der Waals surface area (Å²) in [4.78, 5) is 16.0. The summed E-state index contributed by atoms with van der Waals surface area (Å²) in [5.41, 5.74) is 1.33. The van der Waals surface area contributed by atoms with Crippen LogP contribution in [-0.4, -0.2) is 18.8 Å². The number of carbonyl (C=O) groups excluding carboxylic acids is 1. The van der Waals surface area contributed by atoms with Crippen LogP contribution in [0.3, 0.4) is 0 Å². The summed E-state index contributed by atoms with van der Waals surface area (Å²) >= 11 is 0. The molecule has 0 saturated carbocycles. The number of aliphatic imine (C=N–C) groups is 1. The SMILES string of the molecule is COC(=O)C(=Nc1ccc(F)cc1)c1ccccc1. The Morgan fingerprint density at radius 1 is 1.05 bits per heavy atom. The van der Waals surface area contributed by atoms with E-state index in [1.807, 2.05) is 6.07 Å². The first kappa shape index (κ1) is 13.0. The second-order valence-electron chi connectivity index (χ2n) is 3.79. The van der Waals surface area contributed by atoms with Crippen molar-refractivity contribution in [2.45, 2.75) is 0 Å². The molecule has 0 amide bonds. The molecule has 0 heterocycles. The number of carbonyl (C=O) groups is 1. The van der Waals surface area contributed by atoms with Gasteiger partial charge in [-0.25, -0.2) is 14.2 Å². The molecule has 2 aromatic rings. The maximum Gasteiger partial charge on any atom is 0.357 e. The van der Waals surface area contributed by atoms with Crippen molar-refractivity contribution >= 4 is 17.4 Å². The Bertz CT molecular complexity index is 591. The van der Waals surface area contributed by atoms with Crippen LogP contribution in [0.15, 0.2) is 59.6 Å². The van der Waals surface area contributed by atoms with Crippen LogP contribution in [0, 0.1) is 5.82 Å². The maximum absolute atomic E-state index is 12.8. The van der Waals surface area contributed by atoms with Crippen molar-refractivity contribution in [2.24, 2.45) is 4.99 Å². The van der Waals surface area contributed by atoms with Crippen LogP contribution in [-0.2, 0) is 9.53 Å². The third kappa shape index (κ3) is 3.25. The van der Waals surface area contributed by atoms with Gasteiger partial charge in [0.05, 0.1) is 12.8 Å². The largest absolute Gasteiger partial charge is 0.464 e. The van der Waals surface area contributed by atoms with E-state index in [0.717, 1.165) is 0 Å². The summed E-state index contributed by atoms with van der Waals surface area (Å²) < 4.78 is 17.6. The molecule has 0 N–H and O–H groups in total. The Morgan fingerprint density at radius 2 is 1.68 bits per heavy atom. The number of rotatable bonds is 3. The third-order valence-electron chi connectivity index (χ3n) is 2.49. The number of nitrogens with zero attached hydrogens (tertiary/aromatic N) is 1. The third-order valence-corrected chi connectivity index (χ3v) is 2.49. The molecule has 4 heteroatoms. The van der Waals surface area contributed by atoms with Gasteiger partial charge in [-0.1, -0.05) is 30.3 Å². The molecule has 0 aliphatic carbocycles. The van der Waals surface area contributed by atoms with E-state index >= 15 is 0 Å². The highest BCUT2D eigenvalue weighted by Crippen LogP contribution is 2.15. The van der Waals surface area contributed by atoms with Crippen LogP contribution in [0.2, 0.25) is 0 Å². The standard InChI is InChI=1S/C15H12FNO2/c1-19-15(18)14(11-5-3-2-4-6-11)17-13-9-7-12(16)8-10-13/h2-10H,1H3. The molecule has 0 fully saturated rings. The van der Waals surface area contributed by atoms with Crippen LogP contribution < -0.4 is 0 Å². The highest BCUT2D eigenvalue weighted by atomic mass is 19.1. The highest BCUT2D eigenvalue weighted by molar-refractivity contribution is 6.43. The lowest BCUT2D eigenvalue weighted by Gasteiger charge is -2.04. The molecule has 0 saturated heterocycles. The van der Waals surface area contributed by atoms with Crippen molar-refractivity contribution in [1.82, 2.24) is 0 Å². The molecule has 0 aliphatic heterocycles. The van der Waals surface area contributed by atoms with Gasteiger partial charge >= 0.3 is 5.97 Å². The summed E-state index contributed by atoms with van der Waals surface area (Å²) in [6.45, 7) is 0. The molecule has 96 valence electrons. The molecule has 2 rings (SSSR count). The molecule has 0 aliphatic rings. The average Bonchev–Trinajstić information content (AvgIpc) is 2.47. The van der Waals surface area contributed by atoms with Gasteiger partial charge in [-0.05, 0) is 24.3 Å². The van der Waals surface area contributed by atoms with Crippen LogP contribution in [0.5, 0.6) is 0 Å². The van der Waals surface area contributed by atoms with Crippen LogP contribution >= 0.6 is 0 Å². The molecule has 0 spiro atoms. The first-order valence-corrected chi connectivity index (χ1v) is 5.68.